The van der Waals surface area contributed by atoms with Gasteiger partial charge in [0.15, 0.2) is 5.58 Å². The van der Waals surface area contributed by atoms with Gasteiger partial charge in [0.2, 0.25) is 0 Å². The minimum atomic E-state index is -0.109. The second kappa shape index (κ2) is 4.65. The number of amides is 1. The van der Waals surface area contributed by atoms with Gasteiger partial charge in [-0.15, -0.1) is 0 Å². The number of aromatic nitrogens is 1. The predicted molar refractivity (Wildman–Crippen MR) is 73.1 cm³/mol. The summed E-state index contributed by atoms with van der Waals surface area (Å²) in [5, 5.41) is 2.66. The number of furan rings is 1. The molecule has 0 aliphatic carbocycles. The summed E-state index contributed by atoms with van der Waals surface area (Å²) in [5.41, 5.74) is 3.42. The molecule has 4 heteroatoms. The van der Waals surface area contributed by atoms with E-state index >= 15 is 0 Å². The van der Waals surface area contributed by atoms with Gasteiger partial charge in [-0.1, -0.05) is 30.3 Å². The summed E-state index contributed by atoms with van der Waals surface area (Å²) in [6, 6.07) is 13.7. The Balaban J connectivity index is 2.09. The zero-order valence-electron chi connectivity index (χ0n) is 10.6. The lowest BCUT2D eigenvalue weighted by Gasteiger charge is -2.09. The highest BCUT2D eigenvalue weighted by Crippen LogP contribution is 2.22. The average Bonchev–Trinajstić information content (AvgIpc) is 3.02. The van der Waals surface area contributed by atoms with E-state index in [1.54, 1.807) is 19.4 Å². The van der Waals surface area contributed by atoms with Gasteiger partial charge in [0, 0.05) is 25.7 Å². The quantitative estimate of drug-likeness (QED) is 0.781. The lowest BCUT2D eigenvalue weighted by atomic mass is 10.2. The summed E-state index contributed by atoms with van der Waals surface area (Å²) in [5.74, 6) is -0.109. The molecule has 1 N–H and O–H groups in total. The molecule has 0 unspecified atom stereocenters. The molecule has 19 heavy (non-hydrogen) atoms. The van der Waals surface area contributed by atoms with E-state index in [0.717, 1.165) is 16.7 Å². The third-order valence-corrected chi connectivity index (χ3v) is 3.17. The fourth-order valence-electron chi connectivity index (χ4n) is 2.23. The van der Waals surface area contributed by atoms with Crippen LogP contribution in [0.2, 0.25) is 0 Å². The van der Waals surface area contributed by atoms with E-state index < -0.39 is 0 Å². The molecular formula is C15H14N2O2. The fraction of sp³-hybridized carbons (Fsp3) is 0.133. The van der Waals surface area contributed by atoms with Crippen LogP contribution in [0.5, 0.6) is 0 Å². The van der Waals surface area contributed by atoms with Gasteiger partial charge in [0.05, 0.1) is 11.8 Å². The van der Waals surface area contributed by atoms with Crippen LogP contribution in [0.25, 0.3) is 11.1 Å². The van der Waals surface area contributed by atoms with Crippen LogP contribution in [0.4, 0.5) is 0 Å². The second-order valence-corrected chi connectivity index (χ2v) is 4.35. The number of rotatable bonds is 3. The first-order valence-corrected chi connectivity index (χ1v) is 6.12. The average molecular weight is 254 g/mol. The van der Waals surface area contributed by atoms with Gasteiger partial charge < -0.3 is 14.3 Å². The molecule has 96 valence electrons. The first kappa shape index (κ1) is 11.6. The monoisotopic (exact) mass is 254 g/mol. The van der Waals surface area contributed by atoms with E-state index in [0.29, 0.717) is 12.2 Å². The van der Waals surface area contributed by atoms with Crippen molar-refractivity contribution < 1.29 is 9.21 Å². The van der Waals surface area contributed by atoms with Gasteiger partial charge in [-0.25, -0.2) is 0 Å². The van der Waals surface area contributed by atoms with E-state index in [9.17, 15) is 4.79 Å². The van der Waals surface area contributed by atoms with E-state index in [4.69, 9.17) is 4.42 Å². The minimum Gasteiger partial charge on any atom is -0.463 e. The van der Waals surface area contributed by atoms with Crippen molar-refractivity contribution in [1.29, 1.82) is 0 Å². The van der Waals surface area contributed by atoms with Crippen LogP contribution in [0.15, 0.2) is 53.1 Å². The number of benzene rings is 1. The van der Waals surface area contributed by atoms with Crippen LogP contribution >= 0.6 is 0 Å². The topological polar surface area (TPSA) is 47.2 Å². The number of carbonyl (C=O) groups excluding carboxylic acids is 1. The molecule has 3 aromatic rings. The van der Waals surface area contributed by atoms with Crippen molar-refractivity contribution in [3.8, 4) is 0 Å². The summed E-state index contributed by atoms with van der Waals surface area (Å²) in [4.78, 5) is 11.9. The fourth-order valence-corrected chi connectivity index (χ4v) is 2.23. The third-order valence-electron chi connectivity index (χ3n) is 3.17. The standard InChI is InChI=1S/C15H14N2O2/c1-16-15(18)13-9-14-12(7-8-19-14)17(13)10-11-5-3-2-4-6-11/h2-9H,10H2,1H3,(H,16,18). The van der Waals surface area contributed by atoms with Gasteiger partial charge in [0.1, 0.15) is 5.69 Å². The molecule has 1 aromatic carbocycles. The molecular weight excluding hydrogens is 240 g/mol. The molecule has 4 nitrogen and oxygen atoms in total. The Bertz CT molecular complexity index is 710. The van der Waals surface area contributed by atoms with E-state index in [-0.39, 0.29) is 5.91 Å². The second-order valence-electron chi connectivity index (χ2n) is 4.35. The van der Waals surface area contributed by atoms with Crippen LogP contribution in [0.3, 0.4) is 0 Å². The van der Waals surface area contributed by atoms with Crippen LogP contribution < -0.4 is 5.32 Å². The van der Waals surface area contributed by atoms with Crippen molar-refractivity contribution in [2.75, 3.05) is 7.05 Å². The summed E-state index contributed by atoms with van der Waals surface area (Å²) < 4.78 is 7.34. The highest BCUT2D eigenvalue weighted by atomic mass is 16.3. The molecule has 2 heterocycles. The molecule has 0 aliphatic heterocycles. The summed E-state index contributed by atoms with van der Waals surface area (Å²) >= 11 is 0. The number of hydrogen-bond donors (Lipinski definition) is 1. The summed E-state index contributed by atoms with van der Waals surface area (Å²) in [6.07, 6.45) is 1.64. The van der Waals surface area contributed by atoms with Crippen molar-refractivity contribution in [2.45, 2.75) is 6.54 Å². The van der Waals surface area contributed by atoms with Crippen molar-refractivity contribution in [3.63, 3.8) is 0 Å². The first-order valence-electron chi connectivity index (χ1n) is 6.12. The number of hydrogen-bond acceptors (Lipinski definition) is 2. The third kappa shape index (κ3) is 2.01. The Hall–Kier alpha value is -2.49. The molecule has 0 bridgehead atoms. The molecule has 0 radical (unpaired) electrons. The van der Waals surface area contributed by atoms with E-state index in [2.05, 4.69) is 5.32 Å². The van der Waals surface area contributed by atoms with Gasteiger partial charge in [0.25, 0.3) is 5.91 Å². The Morgan fingerprint density at radius 2 is 2.05 bits per heavy atom. The lowest BCUT2D eigenvalue weighted by Crippen LogP contribution is -2.21. The number of nitrogens with zero attached hydrogens (tertiary/aromatic N) is 1. The summed E-state index contributed by atoms with van der Waals surface area (Å²) in [6.45, 7) is 0.645. The Kier molecular flexibility index (Phi) is 2.83. The zero-order valence-corrected chi connectivity index (χ0v) is 10.6. The number of carbonyl (C=O) groups is 1. The zero-order chi connectivity index (χ0) is 13.2. The molecule has 0 atom stereocenters. The van der Waals surface area contributed by atoms with E-state index in [1.807, 2.05) is 41.0 Å². The number of nitrogens with one attached hydrogen (secondary N) is 1. The van der Waals surface area contributed by atoms with Crippen molar-refractivity contribution in [1.82, 2.24) is 9.88 Å². The maximum Gasteiger partial charge on any atom is 0.267 e. The van der Waals surface area contributed by atoms with E-state index in [1.165, 1.54) is 0 Å². The molecule has 0 spiro atoms. The Labute approximate surface area is 110 Å². The predicted octanol–water partition coefficient (Wildman–Crippen LogP) is 2.64. The SMILES string of the molecule is CNC(=O)c1cc2occc2n1Cc1ccccc1. The molecule has 1 amide bonds. The van der Waals surface area contributed by atoms with Crippen molar-refractivity contribution >= 4 is 17.0 Å². The Morgan fingerprint density at radius 1 is 1.26 bits per heavy atom. The highest BCUT2D eigenvalue weighted by molar-refractivity contribution is 5.97. The van der Waals surface area contributed by atoms with Crippen LogP contribution in [-0.2, 0) is 6.54 Å². The van der Waals surface area contributed by atoms with Gasteiger partial charge in [-0.3, -0.25) is 4.79 Å². The maximum absolute atomic E-state index is 11.9. The maximum atomic E-state index is 11.9. The normalized spacial score (nSPS) is 10.8. The van der Waals surface area contributed by atoms with Crippen molar-refractivity contribution in [3.05, 3.63) is 60.0 Å². The molecule has 0 aliphatic rings. The highest BCUT2D eigenvalue weighted by Gasteiger charge is 2.16. The first-order chi connectivity index (χ1) is 9.29. The Morgan fingerprint density at radius 3 is 2.79 bits per heavy atom. The van der Waals surface area contributed by atoms with Gasteiger partial charge in [-0.2, -0.15) is 0 Å². The van der Waals surface area contributed by atoms with Crippen molar-refractivity contribution in [2.24, 2.45) is 0 Å². The summed E-state index contributed by atoms with van der Waals surface area (Å²) in [7, 11) is 1.63. The smallest absolute Gasteiger partial charge is 0.267 e. The van der Waals surface area contributed by atoms with Crippen LogP contribution in [0, 0.1) is 0 Å². The molecule has 2 aromatic heterocycles. The lowest BCUT2D eigenvalue weighted by molar-refractivity contribution is 0.0954. The molecule has 3 rings (SSSR count). The minimum absolute atomic E-state index is 0.109. The largest absolute Gasteiger partial charge is 0.463 e. The van der Waals surface area contributed by atoms with Gasteiger partial charge >= 0.3 is 0 Å². The molecule has 0 fully saturated rings. The van der Waals surface area contributed by atoms with Crippen LogP contribution in [-0.4, -0.2) is 17.5 Å². The molecule has 0 saturated heterocycles. The molecule has 0 saturated carbocycles. The van der Waals surface area contributed by atoms with Gasteiger partial charge in [-0.05, 0) is 5.56 Å². The van der Waals surface area contributed by atoms with Crippen LogP contribution in [0.1, 0.15) is 16.1 Å². The number of fused-ring (bicyclic) bond motifs is 1.